The Balaban J connectivity index is 1.66. The van der Waals surface area contributed by atoms with Crippen molar-refractivity contribution in [3.8, 4) is 17.1 Å². The number of amides is 1. The van der Waals surface area contributed by atoms with Crippen molar-refractivity contribution in [2.24, 2.45) is 7.05 Å². The highest BCUT2D eigenvalue weighted by atomic mass is 16.3. The van der Waals surface area contributed by atoms with E-state index in [1.165, 1.54) is 0 Å². The number of rotatable bonds is 3. The van der Waals surface area contributed by atoms with E-state index in [9.17, 15) is 9.90 Å². The first-order valence-electron chi connectivity index (χ1n) is 10.6. The summed E-state index contributed by atoms with van der Waals surface area (Å²) in [7, 11) is 3.40. The molecule has 32 heavy (non-hydrogen) atoms. The van der Waals surface area contributed by atoms with Gasteiger partial charge in [0, 0.05) is 68.5 Å². The molecule has 0 unspecified atom stereocenters. The van der Waals surface area contributed by atoms with Gasteiger partial charge in [-0.25, -0.2) is 9.97 Å². The molecule has 1 atom stereocenters. The molecule has 1 saturated heterocycles. The molecule has 3 N–H and O–H groups in total. The van der Waals surface area contributed by atoms with Crippen LogP contribution in [0.2, 0.25) is 0 Å². The molecule has 4 aromatic rings. The van der Waals surface area contributed by atoms with Crippen molar-refractivity contribution >= 4 is 33.4 Å². The number of anilines is 1. The van der Waals surface area contributed by atoms with Crippen LogP contribution >= 0.6 is 0 Å². The Hall–Kier alpha value is -3.72. The standard InChI is InChI=1S/C23H25N7O2/c1-13-11-30(7-6-25-13)15-4-5-18-16(9-15)21(23(32)24-2)27-22(26-18)17-8-14-12-29(3)28-19(14)10-20(17)31/h4-5,8-10,12-13,25,31H,6-7,11H2,1-3H3,(H,24,32)/t13-/m0/s1. The van der Waals surface area contributed by atoms with E-state index in [1.807, 2.05) is 31.4 Å². The van der Waals surface area contributed by atoms with Crippen molar-refractivity contribution in [2.75, 3.05) is 31.6 Å². The highest BCUT2D eigenvalue weighted by Crippen LogP contribution is 2.33. The molecule has 1 aliphatic heterocycles. The lowest BCUT2D eigenvalue weighted by atomic mass is 10.1. The number of aromatic hydroxyl groups is 1. The van der Waals surface area contributed by atoms with Gasteiger partial charge < -0.3 is 20.6 Å². The van der Waals surface area contributed by atoms with Gasteiger partial charge in [0.05, 0.1) is 16.6 Å². The van der Waals surface area contributed by atoms with E-state index in [2.05, 4.69) is 37.5 Å². The fourth-order valence-corrected chi connectivity index (χ4v) is 4.26. The predicted molar refractivity (Wildman–Crippen MR) is 124 cm³/mol. The molecule has 1 fully saturated rings. The van der Waals surface area contributed by atoms with Gasteiger partial charge in [0.1, 0.15) is 11.4 Å². The molecule has 1 amide bonds. The van der Waals surface area contributed by atoms with E-state index in [0.29, 0.717) is 33.8 Å². The van der Waals surface area contributed by atoms with Crippen LogP contribution in [0.4, 0.5) is 5.69 Å². The van der Waals surface area contributed by atoms with Gasteiger partial charge in [0.2, 0.25) is 0 Å². The topological polar surface area (TPSA) is 108 Å². The number of aryl methyl sites for hydroxylation is 1. The van der Waals surface area contributed by atoms with Crippen molar-refractivity contribution in [2.45, 2.75) is 13.0 Å². The third-order valence-electron chi connectivity index (χ3n) is 5.83. The van der Waals surface area contributed by atoms with Crippen LogP contribution in [-0.2, 0) is 7.05 Å². The number of hydrogen-bond acceptors (Lipinski definition) is 7. The third kappa shape index (κ3) is 3.50. The summed E-state index contributed by atoms with van der Waals surface area (Å²) >= 11 is 0. The number of nitrogens with zero attached hydrogens (tertiary/aromatic N) is 5. The fraction of sp³-hybridized carbons (Fsp3) is 0.304. The van der Waals surface area contributed by atoms with Crippen LogP contribution in [0.15, 0.2) is 36.5 Å². The van der Waals surface area contributed by atoms with E-state index < -0.39 is 0 Å². The minimum absolute atomic E-state index is 0.0184. The summed E-state index contributed by atoms with van der Waals surface area (Å²) in [5.41, 5.74) is 3.09. The Morgan fingerprint density at radius 2 is 2.06 bits per heavy atom. The normalized spacial score (nSPS) is 16.6. The Labute approximate surface area is 185 Å². The first kappa shape index (κ1) is 20.2. The lowest BCUT2D eigenvalue weighted by Crippen LogP contribution is -2.49. The van der Waals surface area contributed by atoms with Gasteiger partial charge in [0.25, 0.3) is 5.91 Å². The van der Waals surface area contributed by atoms with Gasteiger partial charge >= 0.3 is 0 Å². The number of hydrogen-bond donors (Lipinski definition) is 3. The zero-order chi connectivity index (χ0) is 22.4. The predicted octanol–water partition coefficient (Wildman–Crippen LogP) is 2.05. The zero-order valence-corrected chi connectivity index (χ0v) is 18.3. The van der Waals surface area contributed by atoms with Crippen LogP contribution < -0.4 is 15.5 Å². The Kier molecular flexibility index (Phi) is 4.90. The van der Waals surface area contributed by atoms with Gasteiger partial charge in [0.15, 0.2) is 5.82 Å². The second-order valence-electron chi connectivity index (χ2n) is 8.21. The van der Waals surface area contributed by atoms with E-state index in [0.717, 1.165) is 30.7 Å². The number of carbonyl (C=O) groups is 1. The Morgan fingerprint density at radius 1 is 1.22 bits per heavy atom. The van der Waals surface area contributed by atoms with Gasteiger partial charge in [-0.2, -0.15) is 5.10 Å². The minimum atomic E-state index is -0.300. The molecular weight excluding hydrogens is 406 g/mol. The summed E-state index contributed by atoms with van der Waals surface area (Å²) in [6.07, 6.45) is 1.86. The highest BCUT2D eigenvalue weighted by molar-refractivity contribution is 6.05. The van der Waals surface area contributed by atoms with Crippen LogP contribution in [-0.4, -0.2) is 63.5 Å². The number of nitrogens with one attached hydrogen (secondary N) is 2. The average Bonchev–Trinajstić information content (AvgIpc) is 3.15. The Bertz CT molecular complexity index is 1350. The van der Waals surface area contributed by atoms with Crippen molar-refractivity contribution in [1.82, 2.24) is 30.4 Å². The monoisotopic (exact) mass is 431 g/mol. The minimum Gasteiger partial charge on any atom is -0.507 e. The quantitative estimate of drug-likeness (QED) is 0.456. The van der Waals surface area contributed by atoms with Crippen molar-refractivity contribution < 1.29 is 9.90 Å². The molecule has 0 saturated carbocycles. The van der Waals surface area contributed by atoms with Gasteiger partial charge in [-0.15, -0.1) is 0 Å². The smallest absolute Gasteiger partial charge is 0.270 e. The maximum Gasteiger partial charge on any atom is 0.270 e. The summed E-state index contributed by atoms with van der Waals surface area (Å²) in [6.45, 7) is 4.85. The SMILES string of the molecule is CNC(=O)c1nc(-c2cc3cn(C)nc3cc2O)nc2ccc(N3CCN[C@@H](C)C3)cc12. The summed E-state index contributed by atoms with van der Waals surface area (Å²) in [5.74, 6) is 0.0131. The van der Waals surface area contributed by atoms with Gasteiger partial charge in [-0.3, -0.25) is 9.48 Å². The zero-order valence-electron chi connectivity index (χ0n) is 18.3. The molecule has 2 aromatic heterocycles. The number of carbonyl (C=O) groups excluding carboxylic acids is 1. The molecule has 2 aromatic carbocycles. The summed E-state index contributed by atoms with van der Waals surface area (Å²) < 4.78 is 1.68. The molecule has 9 nitrogen and oxygen atoms in total. The average molecular weight is 432 g/mol. The number of fused-ring (bicyclic) bond motifs is 2. The van der Waals surface area contributed by atoms with E-state index in [-0.39, 0.29) is 17.4 Å². The summed E-state index contributed by atoms with van der Waals surface area (Å²) in [4.78, 5) is 24.3. The largest absolute Gasteiger partial charge is 0.507 e. The number of benzene rings is 2. The van der Waals surface area contributed by atoms with Crippen molar-refractivity contribution in [1.29, 1.82) is 0 Å². The van der Waals surface area contributed by atoms with Crippen LogP contribution in [0.5, 0.6) is 5.75 Å². The number of phenols is 1. The molecule has 164 valence electrons. The highest BCUT2D eigenvalue weighted by Gasteiger charge is 2.21. The molecular formula is C23H25N7O2. The van der Waals surface area contributed by atoms with Gasteiger partial charge in [-0.1, -0.05) is 0 Å². The van der Waals surface area contributed by atoms with Crippen LogP contribution in [0.1, 0.15) is 17.4 Å². The Morgan fingerprint density at radius 3 is 2.84 bits per heavy atom. The van der Waals surface area contributed by atoms with Gasteiger partial charge in [-0.05, 0) is 31.2 Å². The molecule has 0 aliphatic carbocycles. The van der Waals surface area contributed by atoms with Crippen molar-refractivity contribution in [3.63, 3.8) is 0 Å². The molecule has 1 aliphatic rings. The lowest BCUT2D eigenvalue weighted by Gasteiger charge is -2.33. The molecule has 9 heteroatoms. The molecule has 5 rings (SSSR count). The van der Waals surface area contributed by atoms with Crippen LogP contribution in [0.25, 0.3) is 33.2 Å². The summed E-state index contributed by atoms with van der Waals surface area (Å²) in [5, 5.41) is 22.6. The van der Waals surface area contributed by atoms with E-state index in [4.69, 9.17) is 0 Å². The number of phenolic OH excluding ortho intramolecular Hbond substituents is 1. The van der Waals surface area contributed by atoms with Crippen molar-refractivity contribution in [3.05, 3.63) is 42.2 Å². The lowest BCUT2D eigenvalue weighted by molar-refractivity contribution is 0.0960. The first-order chi connectivity index (χ1) is 15.4. The maximum absolute atomic E-state index is 12.8. The molecule has 0 bridgehead atoms. The second-order valence-corrected chi connectivity index (χ2v) is 8.21. The second kappa shape index (κ2) is 7.76. The fourth-order valence-electron chi connectivity index (χ4n) is 4.26. The molecule has 0 radical (unpaired) electrons. The molecule has 0 spiro atoms. The number of piperazine rings is 1. The van der Waals surface area contributed by atoms with E-state index in [1.54, 1.807) is 23.9 Å². The molecule has 3 heterocycles. The number of aromatic nitrogens is 4. The van der Waals surface area contributed by atoms with Crippen LogP contribution in [0, 0.1) is 0 Å². The van der Waals surface area contributed by atoms with E-state index >= 15 is 0 Å². The first-order valence-corrected chi connectivity index (χ1v) is 10.6. The van der Waals surface area contributed by atoms with Crippen LogP contribution in [0.3, 0.4) is 0 Å². The maximum atomic E-state index is 12.8. The third-order valence-corrected chi connectivity index (χ3v) is 5.83. The summed E-state index contributed by atoms with van der Waals surface area (Å²) in [6, 6.07) is 9.69.